The van der Waals surface area contributed by atoms with Gasteiger partial charge in [0.25, 0.3) is 5.91 Å². The Hall–Kier alpha value is -3.88. The Balaban J connectivity index is 1.18. The van der Waals surface area contributed by atoms with E-state index >= 15 is 0 Å². The average Bonchev–Trinajstić information content (AvgIpc) is 3.60. The van der Waals surface area contributed by atoms with Crippen molar-refractivity contribution in [3.05, 3.63) is 76.9 Å². The molecule has 0 radical (unpaired) electrons. The molecular weight excluding hydrogens is 564 g/mol. The Morgan fingerprint density at radius 1 is 0.977 bits per heavy atom. The number of carbonyl (C=O) groups is 3. The van der Waals surface area contributed by atoms with Crippen LogP contribution in [0.5, 0.6) is 0 Å². The standard InChI is InChI=1S/C35H39F2N3O4/c1-21-5-3-8-30(22(21)2)39-19-26(18-31(39)41)35(43)44-20-32(42)40-34(24-11-15-28(37)16-12-24)29-7-4-6-25(33(29)38-40)17-23-9-13-27(36)14-10-23/h9-17,21-22,26,29-30,34H,3-8,18-20H2,1-2H3/b25-17-. The maximum Gasteiger partial charge on any atom is 0.311 e. The maximum absolute atomic E-state index is 13.8. The quantitative estimate of drug-likeness (QED) is 0.363. The molecule has 0 spiro atoms. The summed E-state index contributed by atoms with van der Waals surface area (Å²) in [4.78, 5) is 41.5. The van der Waals surface area contributed by atoms with Crippen molar-refractivity contribution in [1.29, 1.82) is 0 Å². The van der Waals surface area contributed by atoms with Crippen LogP contribution in [0.4, 0.5) is 8.78 Å². The number of hydrogen-bond donors (Lipinski definition) is 0. The summed E-state index contributed by atoms with van der Waals surface area (Å²) >= 11 is 0. The number of likely N-dealkylation sites (tertiary alicyclic amines) is 1. The molecule has 7 nitrogen and oxygen atoms in total. The van der Waals surface area contributed by atoms with Crippen LogP contribution in [0.3, 0.4) is 0 Å². The van der Waals surface area contributed by atoms with E-state index in [0.717, 1.165) is 60.9 Å². The first-order valence-corrected chi connectivity index (χ1v) is 15.8. The topological polar surface area (TPSA) is 79.3 Å². The zero-order valence-electron chi connectivity index (χ0n) is 25.3. The minimum absolute atomic E-state index is 0.0314. The summed E-state index contributed by atoms with van der Waals surface area (Å²) in [6, 6.07) is 11.9. The van der Waals surface area contributed by atoms with Crippen LogP contribution in [0.25, 0.3) is 6.08 Å². The van der Waals surface area contributed by atoms with Gasteiger partial charge in [-0.2, -0.15) is 5.10 Å². The van der Waals surface area contributed by atoms with Gasteiger partial charge in [-0.1, -0.05) is 51.0 Å². The molecule has 44 heavy (non-hydrogen) atoms. The number of halogens is 2. The van der Waals surface area contributed by atoms with Crippen molar-refractivity contribution in [2.75, 3.05) is 13.2 Å². The van der Waals surface area contributed by atoms with Gasteiger partial charge in [0.15, 0.2) is 6.61 Å². The number of nitrogens with zero attached hydrogens (tertiary/aromatic N) is 3. The molecule has 0 aromatic heterocycles. The SMILES string of the molecule is CC1CCCC(N2CC(C(=O)OCC(=O)N3N=C4/C(=C\c5ccc(F)cc5)CCCC4C3c3ccc(F)cc3)CC2=O)C1C. The van der Waals surface area contributed by atoms with Crippen molar-refractivity contribution in [3.8, 4) is 0 Å². The third kappa shape index (κ3) is 6.06. The van der Waals surface area contributed by atoms with E-state index in [1.54, 1.807) is 24.3 Å². The summed E-state index contributed by atoms with van der Waals surface area (Å²) in [5, 5.41) is 6.15. The van der Waals surface area contributed by atoms with E-state index in [4.69, 9.17) is 9.84 Å². The lowest BCUT2D eigenvalue weighted by molar-refractivity contribution is -0.156. The fourth-order valence-electron chi connectivity index (χ4n) is 7.48. The Kier molecular flexibility index (Phi) is 8.65. The van der Waals surface area contributed by atoms with Gasteiger partial charge < -0.3 is 9.64 Å². The number of rotatable bonds is 6. The maximum atomic E-state index is 13.8. The van der Waals surface area contributed by atoms with Gasteiger partial charge in [-0.05, 0) is 84.6 Å². The van der Waals surface area contributed by atoms with Crippen molar-refractivity contribution in [2.24, 2.45) is 28.8 Å². The van der Waals surface area contributed by atoms with Gasteiger partial charge in [-0.25, -0.2) is 13.8 Å². The number of ether oxygens (including phenoxy) is 1. The highest BCUT2D eigenvalue weighted by Gasteiger charge is 2.45. The number of allylic oxidation sites excluding steroid dienone is 1. The fourth-order valence-corrected chi connectivity index (χ4v) is 7.48. The smallest absolute Gasteiger partial charge is 0.311 e. The molecule has 2 aromatic rings. The van der Waals surface area contributed by atoms with E-state index in [1.807, 2.05) is 11.0 Å². The first-order valence-electron chi connectivity index (χ1n) is 15.8. The number of hydrogen-bond acceptors (Lipinski definition) is 5. The predicted molar refractivity (Wildman–Crippen MR) is 162 cm³/mol. The van der Waals surface area contributed by atoms with E-state index in [2.05, 4.69) is 13.8 Å². The molecule has 1 saturated heterocycles. The van der Waals surface area contributed by atoms with Crippen LogP contribution >= 0.6 is 0 Å². The lowest BCUT2D eigenvalue weighted by atomic mass is 9.77. The van der Waals surface area contributed by atoms with Gasteiger partial charge in [0, 0.05) is 24.9 Å². The van der Waals surface area contributed by atoms with Crippen LogP contribution in [-0.2, 0) is 19.1 Å². The summed E-state index contributed by atoms with van der Waals surface area (Å²) in [5.74, 6) is -1.59. The summed E-state index contributed by atoms with van der Waals surface area (Å²) in [6.07, 6.45) is 7.63. The van der Waals surface area contributed by atoms with E-state index in [9.17, 15) is 23.2 Å². The lowest BCUT2D eigenvalue weighted by Crippen LogP contribution is -2.45. The molecule has 0 bridgehead atoms. The Bertz CT molecular complexity index is 1470. The molecule has 6 atom stereocenters. The molecule has 4 aliphatic rings. The van der Waals surface area contributed by atoms with Crippen LogP contribution in [-0.4, -0.2) is 52.6 Å². The zero-order valence-corrected chi connectivity index (χ0v) is 25.3. The lowest BCUT2D eigenvalue weighted by Gasteiger charge is -2.39. The predicted octanol–water partition coefficient (Wildman–Crippen LogP) is 6.30. The van der Waals surface area contributed by atoms with Crippen LogP contribution in [0, 0.1) is 35.3 Å². The van der Waals surface area contributed by atoms with Crippen molar-refractivity contribution in [3.63, 3.8) is 0 Å². The van der Waals surface area contributed by atoms with E-state index < -0.39 is 30.4 Å². The number of benzene rings is 2. The highest BCUT2D eigenvalue weighted by molar-refractivity contribution is 6.08. The Labute approximate surface area is 256 Å². The molecule has 2 aliphatic heterocycles. The van der Waals surface area contributed by atoms with E-state index in [1.165, 1.54) is 29.3 Å². The molecule has 2 saturated carbocycles. The molecule has 2 aliphatic carbocycles. The third-order valence-corrected chi connectivity index (χ3v) is 10.1. The second-order valence-electron chi connectivity index (χ2n) is 12.8. The van der Waals surface area contributed by atoms with Crippen molar-refractivity contribution < 1.29 is 27.9 Å². The molecule has 6 rings (SSSR count). The minimum atomic E-state index is -0.606. The molecular formula is C35H39F2N3O4. The summed E-state index contributed by atoms with van der Waals surface area (Å²) < 4.78 is 32.9. The third-order valence-electron chi connectivity index (χ3n) is 10.1. The van der Waals surface area contributed by atoms with Gasteiger partial charge in [0.05, 0.1) is 17.7 Å². The average molecular weight is 604 g/mol. The van der Waals surface area contributed by atoms with Crippen molar-refractivity contribution in [1.82, 2.24) is 9.91 Å². The molecule has 0 N–H and O–H groups in total. The van der Waals surface area contributed by atoms with Gasteiger partial charge in [-0.15, -0.1) is 0 Å². The minimum Gasteiger partial charge on any atom is -0.455 e. The molecule has 3 fully saturated rings. The molecule has 2 heterocycles. The number of hydrazone groups is 1. The van der Waals surface area contributed by atoms with Gasteiger partial charge >= 0.3 is 5.97 Å². The molecule has 2 amide bonds. The first kappa shape index (κ1) is 30.2. The Morgan fingerprint density at radius 3 is 2.41 bits per heavy atom. The van der Waals surface area contributed by atoms with Gasteiger partial charge in [0.2, 0.25) is 5.91 Å². The highest BCUT2D eigenvalue weighted by Crippen LogP contribution is 2.44. The summed E-state index contributed by atoms with van der Waals surface area (Å²) in [6.45, 7) is 4.21. The first-order chi connectivity index (χ1) is 21.2. The van der Waals surface area contributed by atoms with Gasteiger partial charge in [-0.3, -0.25) is 14.4 Å². The molecule has 232 valence electrons. The summed E-state index contributed by atoms with van der Waals surface area (Å²) in [5.41, 5.74) is 3.30. The number of amides is 2. The van der Waals surface area contributed by atoms with Crippen LogP contribution < -0.4 is 0 Å². The fraction of sp³-hybridized carbons (Fsp3) is 0.486. The zero-order chi connectivity index (χ0) is 31.0. The van der Waals surface area contributed by atoms with Crippen molar-refractivity contribution in [2.45, 2.75) is 70.9 Å². The highest BCUT2D eigenvalue weighted by atomic mass is 19.1. The number of fused-ring (bicyclic) bond motifs is 1. The molecule has 9 heteroatoms. The largest absolute Gasteiger partial charge is 0.455 e. The van der Waals surface area contributed by atoms with E-state index in [-0.39, 0.29) is 35.9 Å². The van der Waals surface area contributed by atoms with Crippen LogP contribution in [0.15, 0.2) is 59.2 Å². The second-order valence-corrected chi connectivity index (χ2v) is 12.8. The van der Waals surface area contributed by atoms with Gasteiger partial charge in [0.1, 0.15) is 11.6 Å². The second kappa shape index (κ2) is 12.6. The number of carbonyl (C=O) groups excluding carboxylic acids is 3. The Morgan fingerprint density at radius 2 is 1.68 bits per heavy atom. The normalized spacial score (nSPS) is 29.5. The molecule has 6 unspecified atom stereocenters. The van der Waals surface area contributed by atoms with Crippen LogP contribution in [0.2, 0.25) is 0 Å². The monoisotopic (exact) mass is 603 g/mol. The summed E-state index contributed by atoms with van der Waals surface area (Å²) in [7, 11) is 0. The van der Waals surface area contributed by atoms with Crippen LogP contribution in [0.1, 0.15) is 76.0 Å². The van der Waals surface area contributed by atoms with E-state index in [0.29, 0.717) is 18.4 Å². The van der Waals surface area contributed by atoms with Crippen molar-refractivity contribution >= 4 is 29.6 Å². The number of esters is 1. The molecule has 2 aromatic carbocycles.